The molecule has 3 unspecified atom stereocenters. The lowest BCUT2D eigenvalue weighted by Crippen LogP contribution is -2.10. The van der Waals surface area contributed by atoms with Crippen LogP contribution in [0.25, 0.3) is 0 Å². The predicted molar refractivity (Wildman–Crippen MR) is 68.3 cm³/mol. The van der Waals surface area contributed by atoms with Crippen molar-refractivity contribution in [3.63, 3.8) is 0 Å². The first-order valence-electron chi connectivity index (χ1n) is 5.92. The van der Waals surface area contributed by atoms with Gasteiger partial charge in [0.2, 0.25) is 0 Å². The highest BCUT2D eigenvalue weighted by Crippen LogP contribution is 2.62. The van der Waals surface area contributed by atoms with Crippen molar-refractivity contribution in [2.75, 3.05) is 13.2 Å². The number of hydrogen-bond donors (Lipinski definition) is 0. The number of rotatable bonds is 2. The highest BCUT2D eigenvalue weighted by molar-refractivity contribution is 6.35. The topological polar surface area (TPSA) is 35.5 Å². The maximum Gasteiger partial charge on any atom is 0.309 e. The molecule has 1 aromatic rings. The van der Waals surface area contributed by atoms with Gasteiger partial charge in [-0.3, -0.25) is 4.79 Å². The van der Waals surface area contributed by atoms with Gasteiger partial charge in [-0.15, -0.1) is 0 Å². The van der Waals surface area contributed by atoms with Crippen LogP contribution in [-0.2, 0) is 9.53 Å². The van der Waals surface area contributed by atoms with Crippen molar-refractivity contribution in [1.29, 1.82) is 0 Å². The second-order valence-corrected chi connectivity index (χ2v) is 5.36. The Morgan fingerprint density at radius 1 is 1.44 bits per heavy atom. The molecule has 3 nitrogen and oxygen atoms in total. The molecule has 2 aliphatic rings. The van der Waals surface area contributed by atoms with Crippen molar-refractivity contribution < 1.29 is 14.3 Å². The molecule has 0 N–H and O–H groups in total. The maximum atomic E-state index is 11.8. The third kappa shape index (κ3) is 1.69. The SMILES string of the molecule is CCOC(=O)C1C2COc3c(Cl)ccc(Cl)c3C21. The molecule has 18 heavy (non-hydrogen) atoms. The van der Waals surface area contributed by atoms with E-state index in [1.54, 1.807) is 19.1 Å². The van der Waals surface area contributed by atoms with E-state index in [0.29, 0.717) is 29.0 Å². The summed E-state index contributed by atoms with van der Waals surface area (Å²) >= 11 is 12.3. The smallest absolute Gasteiger partial charge is 0.309 e. The van der Waals surface area contributed by atoms with Crippen LogP contribution in [0.15, 0.2) is 12.1 Å². The molecule has 0 saturated heterocycles. The Morgan fingerprint density at radius 3 is 2.89 bits per heavy atom. The Bertz CT molecular complexity index is 515. The van der Waals surface area contributed by atoms with E-state index in [1.165, 1.54) is 0 Å². The molecule has 1 aromatic carbocycles. The lowest BCUT2D eigenvalue weighted by molar-refractivity contribution is -0.145. The van der Waals surface area contributed by atoms with E-state index < -0.39 is 0 Å². The third-order valence-corrected chi connectivity index (χ3v) is 4.20. The van der Waals surface area contributed by atoms with Crippen molar-refractivity contribution in [2.24, 2.45) is 11.8 Å². The monoisotopic (exact) mass is 286 g/mol. The normalized spacial score (nSPS) is 27.8. The summed E-state index contributed by atoms with van der Waals surface area (Å²) in [5.74, 6) is 0.589. The van der Waals surface area contributed by atoms with Crippen LogP contribution in [0.1, 0.15) is 18.4 Å². The number of esters is 1. The quantitative estimate of drug-likeness (QED) is 0.783. The van der Waals surface area contributed by atoms with Crippen molar-refractivity contribution in [3.05, 3.63) is 27.7 Å². The lowest BCUT2D eigenvalue weighted by Gasteiger charge is -2.18. The molecule has 0 spiro atoms. The second kappa shape index (κ2) is 4.32. The fourth-order valence-corrected chi connectivity index (χ4v) is 3.21. The van der Waals surface area contributed by atoms with Crippen molar-refractivity contribution in [2.45, 2.75) is 12.8 Å². The number of carbonyl (C=O) groups excluding carboxylic acids is 1. The van der Waals surface area contributed by atoms with Gasteiger partial charge >= 0.3 is 5.97 Å². The number of hydrogen-bond acceptors (Lipinski definition) is 3. The van der Waals surface area contributed by atoms with E-state index in [1.807, 2.05) is 0 Å². The molecule has 3 rings (SSSR count). The average Bonchev–Trinajstić information content (AvgIpc) is 3.08. The molecule has 5 heteroatoms. The lowest BCUT2D eigenvalue weighted by atomic mass is 10.1. The molecule has 0 amide bonds. The van der Waals surface area contributed by atoms with E-state index in [-0.39, 0.29) is 23.7 Å². The van der Waals surface area contributed by atoms with Gasteiger partial charge in [-0.05, 0) is 19.1 Å². The zero-order valence-electron chi connectivity index (χ0n) is 9.78. The average molecular weight is 287 g/mol. The van der Waals surface area contributed by atoms with E-state index in [9.17, 15) is 4.79 Å². The molecule has 0 bridgehead atoms. The largest absolute Gasteiger partial charge is 0.491 e. The van der Waals surface area contributed by atoms with Crippen molar-refractivity contribution in [1.82, 2.24) is 0 Å². The number of halogens is 2. The Labute approximate surface area is 115 Å². The van der Waals surface area contributed by atoms with Crippen molar-refractivity contribution in [3.8, 4) is 5.75 Å². The minimum Gasteiger partial charge on any atom is -0.491 e. The van der Waals surface area contributed by atoms with E-state index >= 15 is 0 Å². The van der Waals surface area contributed by atoms with Crippen LogP contribution in [0.2, 0.25) is 10.0 Å². The molecular formula is C13H12Cl2O3. The molecule has 1 aliphatic heterocycles. The Hall–Kier alpha value is -0.930. The summed E-state index contributed by atoms with van der Waals surface area (Å²) in [4.78, 5) is 11.8. The highest BCUT2D eigenvalue weighted by Gasteiger charge is 2.60. The minimum atomic E-state index is -0.167. The number of benzene rings is 1. The van der Waals surface area contributed by atoms with Gasteiger partial charge in [0.1, 0.15) is 5.75 Å². The summed E-state index contributed by atoms with van der Waals surface area (Å²) in [5, 5.41) is 1.15. The molecule has 3 atom stereocenters. The number of fused-ring (bicyclic) bond motifs is 3. The molecule has 1 heterocycles. The van der Waals surface area contributed by atoms with Crippen LogP contribution in [0, 0.1) is 11.8 Å². The molecule has 0 radical (unpaired) electrons. The van der Waals surface area contributed by atoms with E-state index in [0.717, 1.165) is 5.56 Å². The fourth-order valence-electron chi connectivity index (χ4n) is 2.72. The summed E-state index contributed by atoms with van der Waals surface area (Å²) in [6, 6.07) is 3.46. The van der Waals surface area contributed by atoms with Gasteiger partial charge in [-0.1, -0.05) is 23.2 Å². The van der Waals surface area contributed by atoms with Gasteiger partial charge < -0.3 is 9.47 Å². The summed E-state index contributed by atoms with van der Waals surface area (Å²) in [7, 11) is 0. The zero-order chi connectivity index (χ0) is 12.9. The highest BCUT2D eigenvalue weighted by atomic mass is 35.5. The van der Waals surface area contributed by atoms with E-state index in [2.05, 4.69) is 0 Å². The summed E-state index contributed by atoms with van der Waals surface area (Å²) < 4.78 is 10.7. The van der Waals surface area contributed by atoms with E-state index in [4.69, 9.17) is 32.7 Å². The molecule has 96 valence electrons. The first kappa shape index (κ1) is 12.1. The predicted octanol–water partition coefficient (Wildman–Crippen LogP) is 3.28. The summed E-state index contributed by atoms with van der Waals surface area (Å²) in [6.07, 6.45) is 0. The minimum absolute atomic E-state index is 0.0963. The van der Waals surface area contributed by atoms with Crippen LogP contribution in [0.4, 0.5) is 0 Å². The molecule has 0 aromatic heterocycles. The van der Waals surface area contributed by atoms with Gasteiger partial charge in [0.05, 0.1) is 24.2 Å². The van der Waals surface area contributed by atoms with Gasteiger partial charge in [0.25, 0.3) is 0 Å². The molecular weight excluding hydrogens is 275 g/mol. The maximum absolute atomic E-state index is 11.8. The molecule has 1 saturated carbocycles. The number of carbonyl (C=O) groups is 1. The van der Waals surface area contributed by atoms with Crippen LogP contribution in [-0.4, -0.2) is 19.2 Å². The number of ether oxygens (including phenoxy) is 2. The summed E-state index contributed by atoms with van der Waals surface area (Å²) in [6.45, 7) is 2.70. The first-order valence-corrected chi connectivity index (χ1v) is 6.68. The van der Waals surface area contributed by atoms with Gasteiger partial charge in [0.15, 0.2) is 0 Å². The summed E-state index contributed by atoms with van der Waals surface area (Å²) in [5.41, 5.74) is 0.860. The first-order chi connectivity index (χ1) is 8.65. The Kier molecular flexibility index (Phi) is 2.91. The second-order valence-electron chi connectivity index (χ2n) is 4.55. The van der Waals surface area contributed by atoms with Crippen LogP contribution in [0.3, 0.4) is 0 Å². The fraction of sp³-hybridized carbons (Fsp3) is 0.462. The van der Waals surface area contributed by atoms with Crippen molar-refractivity contribution >= 4 is 29.2 Å². The van der Waals surface area contributed by atoms with Crippen LogP contribution >= 0.6 is 23.2 Å². The van der Waals surface area contributed by atoms with Gasteiger partial charge in [-0.2, -0.15) is 0 Å². The third-order valence-electron chi connectivity index (χ3n) is 3.58. The molecule has 1 aliphatic carbocycles. The van der Waals surface area contributed by atoms with Crippen LogP contribution < -0.4 is 4.74 Å². The standard InChI is InChI=1S/C13H12Cl2O3/c1-2-17-13(16)10-6-5-18-12-8(15)4-3-7(14)11(12)9(6)10/h3-4,6,9-10H,2,5H2,1H3. The Morgan fingerprint density at radius 2 is 2.17 bits per heavy atom. The van der Waals surface area contributed by atoms with Gasteiger partial charge in [0, 0.05) is 22.4 Å². The van der Waals surface area contributed by atoms with Gasteiger partial charge in [-0.25, -0.2) is 0 Å². The molecule has 1 fully saturated rings. The Balaban J connectivity index is 1.95. The van der Waals surface area contributed by atoms with Crippen LogP contribution in [0.5, 0.6) is 5.75 Å². The zero-order valence-corrected chi connectivity index (χ0v) is 11.3.